The van der Waals surface area contributed by atoms with Crippen LogP contribution in [-0.4, -0.2) is 58.3 Å². The van der Waals surface area contributed by atoms with E-state index in [2.05, 4.69) is 32.6 Å². The van der Waals surface area contributed by atoms with Crippen LogP contribution in [-0.2, 0) is 24.6 Å². The average Bonchev–Trinajstić information content (AvgIpc) is 3.48. The summed E-state index contributed by atoms with van der Waals surface area (Å²) in [5.74, 6) is -0.0430. The third-order valence-corrected chi connectivity index (χ3v) is 9.62. The summed E-state index contributed by atoms with van der Waals surface area (Å²) in [7, 11) is 0. The number of anilines is 4. The smallest absolute Gasteiger partial charge is 0.256 e. The topological polar surface area (TPSA) is 167 Å². The Balaban J connectivity index is 1.28. The molecule has 4 amide bonds. The van der Waals surface area contributed by atoms with Gasteiger partial charge in [-0.05, 0) is 88.4 Å². The first-order chi connectivity index (χ1) is 22.2. The summed E-state index contributed by atoms with van der Waals surface area (Å²) in [5.41, 5.74) is 9.04. The van der Waals surface area contributed by atoms with Gasteiger partial charge in [0.15, 0.2) is 5.82 Å². The zero-order chi connectivity index (χ0) is 33.8. The quantitative estimate of drug-likeness (QED) is 0.198. The van der Waals surface area contributed by atoms with Crippen LogP contribution in [0.1, 0.15) is 81.7 Å². The number of hydrogen-bond acceptors (Lipinski definition) is 7. The molecule has 0 atom stereocenters. The van der Waals surface area contributed by atoms with E-state index >= 15 is 0 Å². The van der Waals surface area contributed by atoms with Crippen LogP contribution < -0.4 is 21.3 Å². The fourth-order valence-corrected chi connectivity index (χ4v) is 6.30. The predicted octanol–water partition coefficient (Wildman–Crippen LogP) is 5.01. The molecule has 3 aliphatic rings. The maximum Gasteiger partial charge on any atom is 0.256 e. The molecule has 1 aliphatic carbocycles. The molecular weight excluding hydrogens is 598 g/mol. The molecule has 1 aromatic carbocycles. The van der Waals surface area contributed by atoms with E-state index in [-0.39, 0.29) is 23.0 Å². The van der Waals surface area contributed by atoms with Crippen LogP contribution in [0.5, 0.6) is 0 Å². The number of hydrogen-bond donors (Lipinski definition) is 4. The van der Waals surface area contributed by atoms with Crippen molar-refractivity contribution in [3.05, 3.63) is 52.5 Å². The Kier molecular flexibility index (Phi) is 8.11. The highest BCUT2D eigenvalue weighted by atomic mass is 16.5. The number of aromatic nitrogens is 2. The first-order valence-corrected chi connectivity index (χ1v) is 16.2. The lowest BCUT2D eigenvalue weighted by Gasteiger charge is -2.29. The lowest BCUT2D eigenvalue weighted by Crippen LogP contribution is -2.41. The fraction of sp³-hybridized carbons (Fsp3) is 0.457. The first kappa shape index (κ1) is 32.2. The average molecular weight is 642 g/mol. The Labute approximate surface area is 274 Å². The SMILES string of the molecule is Cc1[nH]c(/C=C2\C(=O)Nc3cc(N(C(=O)C4(C(N)=O)CC4)c4cc(C(C)(C)C)on4)ccc32)c(C)c1NC(=O)CN1CCC(C)CC1. The van der Waals surface area contributed by atoms with Gasteiger partial charge in [0.2, 0.25) is 17.7 Å². The number of benzene rings is 1. The van der Waals surface area contributed by atoms with Crippen LogP contribution in [0.4, 0.5) is 22.9 Å². The van der Waals surface area contributed by atoms with Gasteiger partial charge in [-0.3, -0.25) is 29.0 Å². The standard InChI is InChI=1S/C35H43N7O5/c1-19-9-13-41(14-10-19)18-29(43)39-30-20(2)25(37-21(30)3)16-24-23-8-7-22(15-26(23)38-31(24)44)42(33(46)35(11-12-35)32(36)45)28-17-27(47-40-28)34(4,5)6/h7-8,15-17,19,37H,9-14,18H2,1-6H3,(H2,36,45)(H,38,44)(H,39,43)/b24-16-. The van der Waals surface area contributed by atoms with Crippen molar-refractivity contribution < 1.29 is 23.7 Å². The zero-order valence-electron chi connectivity index (χ0n) is 27.9. The number of amides is 4. The maximum atomic E-state index is 13.9. The number of piperidine rings is 1. The van der Waals surface area contributed by atoms with Crippen LogP contribution >= 0.6 is 0 Å². The monoisotopic (exact) mass is 641 g/mol. The molecule has 4 heterocycles. The second-order valence-corrected chi connectivity index (χ2v) is 14.3. The van der Waals surface area contributed by atoms with Crippen molar-refractivity contribution in [3.63, 3.8) is 0 Å². The minimum Gasteiger partial charge on any atom is -0.369 e. The molecule has 5 N–H and O–H groups in total. The molecule has 12 nitrogen and oxygen atoms in total. The number of primary amides is 1. The highest BCUT2D eigenvalue weighted by Gasteiger charge is 2.58. The molecule has 2 aliphatic heterocycles. The number of carbonyl (C=O) groups is 4. The van der Waals surface area contributed by atoms with Gasteiger partial charge in [0.25, 0.3) is 5.91 Å². The van der Waals surface area contributed by atoms with E-state index in [0.717, 1.165) is 37.2 Å². The number of nitrogens with two attached hydrogens (primary N) is 1. The molecule has 2 aromatic heterocycles. The second-order valence-electron chi connectivity index (χ2n) is 14.3. The number of carbonyl (C=O) groups excluding carboxylic acids is 4. The number of fused-ring (bicyclic) bond motifs is 1. The number of nitrogens with zero attached hydrogens (tertiary/aromatic N) is 3. The summed E-state index contributed by atoms with van der Waals surface area (Å²) in [6.07, 6.45) is 4.67. The summed E-state index contributed by atoms with van der Waals surface area (Å²) in [6.45, 7) is 14.1. The van der Waals surface area contributed by atoms with Gasteiger partial charge in [0.1, 0.15) is 11.2 Å². The highest BCUT2D eigenvalue weighted by molar-refractivity contribution is 6.35. The maximum absolute atomic E-state index is 13.9. The first-order valence-electron chi connectivity index (χ1n) is 16.2. The van der Waals surface area contributed by atoms with Gasteiger partial charge in [0, 0.05) is 28.4 Å². The molecular formula is C35H43N7O5. The van der Waals surface area contributed by atoms with Gasteiger partial charge in [-0.1, -0.05) is 32.9 Å². The molecule has 0 unspecified atom stereocenters. The molecule has 2 fully saturated rings. The molecule has 12 heteroatoms. The van der Waals surface area contributed by atoms with Crippen molar-refractivity contribution >= 4 is 58.2 Å². The largest absolute Gasteiger partial charge is 0.369 e. The lowest BCUT2D eigenvalue weighted by atomic mass is 9.93. The fourth-order valence-electron chi connectivity index (χ4n) is 6.30. The predicted molar refractivity (Wildman–Crippen MR) is 180 cm³/mol. The molecule has 3 aromatic rings. The van der Waals surface area contributed by atoms with Crippen molar-refractivity contribution in [3.8, 4) is 0 Å². The van der Waals surface area contributed by atoms with Gasteiger partial charge >= 0.3 is 0 Å². The Morgan fingerprint density at radius 2 is 1.87 bits per heavy atom. The van der Waals surface area contributed by atoms with Gasteiger partial charge in [-0.25, -0.2) is 0 Å². The van der Waals surface area contributed by atoms with Crippen molar-refractivity contribution in [2.45, 2.75) is 72.6 Å². The minimum absolute atomic E-state index is 0.0643. The van der Waals surface area contributed by atoms with Gasteiger partial charge in [0.05, 0.1) is 29.2 Å². The van der Waals surface area contributed by atoms with Gasteiger partial charge in [-0.15, -0.1) is 0 Å². The Bertz CT molecular complexity index is 1800. The minimum atomic E-state index is -1.31. The summed E-state index contributed by atoms with van der Waals surface area (Å²) in [5, 5.41) is 10.2. The summed E-state index contributed by atoms with van der Waals surface area (Å²) >= 11 is 0. The second kappa shape index (κ2) is 11.8. The van der Waals surface area contributed by atoms with Crippen LogP contribution in [0.25, 0.3) is 11.6 Å². The van der Waals surface area contributed by atoms with Gasteiger partial charge < -0.3 is 25.9 Å². The molecule has 1 saturated carbocycles. The van der Waals surface area contributed by atoms with Crippen LogP contribution in [0.15, 0.2) is 28.8 Å². The summed E-state index contributed by atoms with van der Waals surface area (Å²) < 4.78 is 5.59. The van der Waals surface area contributed by atoms with Crippen LogP contribution in [0.2, 0.25) is 0 Å². The van der Waals surface area contributed by atoms with E-state index < -0.39 is 17.2 Å². The van der Waals surface area contributed by atoms with E-state index in [1.165, 1.54) is 4.90 Å². The number of rotatable bonds is 8. The number of H-pyrrole nitrogens is 1. The van der Waals surface area contributed by atoms with Crippen molar-refractivity contribution in [2.24, 2.45) is 17.1 Å². The van der Waals surface area contributed by atoms with E-state index in [1.54, 1.807) is 30.3 Å². The third kappa shape index (κ3) is 6.09. The highest BCUT2D eigenvalue weighted by Crippen LogP contribution is 2.49. The van der Waals surface area contributed by atoms with Gasteiger partial charge in [-0.2, -0.15) is 0 Å². The van der Waals surface area contributed by atoms with Crippen molar-refractivity contribution in [1.82, 2.24) is 15.0 Å². The molecule has 248 valence electrons. The zero-order valence-corrected chi connectivity index (χ0v) is 27.9. The van der Waals surface area contributed by atoms with E-state index in [1.807, 2.05) is 34.6 Å². The molecule has 1 saturated heterocycles. The van der Waals surface area contributed by atoms with E-state index in [0.29, 0.717) is 65.0 Å². The molecule has 0 radical (unpaired) electrons. The van der Waals surface area contributed by atoms with Crippen LogP contribution in [0, 0.1) is 25.2 Å². The Morgan fingerprint density at radius 3 is 2.49 bits per heavy atom. The molecule has 0 bridgehead atoms. The molecule has 0 spiro atoms. The third-order valence-electron chi connectivity index (χ3n) is 9.62. The number of likely N-dealkylation sites (tertiary alicyclic amines) is 1. The normalized spacial score (nSPS) is 18.6. The number of nitrogens with one attached hydrogen (secondary N) is 3. The van der Waals surface area contributed by atoms with Crippen molar-refractivity contribution in [2.75, 3.05) is 35.2 Å². The van der Waals surface area contributed by atoms with E-state index in [9.17, 15) is 19.2 Å². The van der Waals surface area contributed by atoms with Crippen molar-refractivity contribution in [1.29, 1.82) is 0 Å². The molecule has 6 rings (SSSR count). The molecule has 47 heavy (non-hydrogen) atoms. The van der Waals surface area contributed by atoms with E-state index in [4.69, 9.17) is 10.3 Å². The number of aryl methyl sites for hydroxylation is 1. The lowest BCUT2D eigenvalue weighted by molar-refractivity contribution is -0.133. The summed E-state index contributed by atoms with van der Waals surface area (Å²) in [6, 6.07) is 6.85. The Morgan fingerprint density at radius 1 is 1.17 bits per heavy atom. The Hall–Kier alpha value is -4.71. The van der Waals surface area contributed by atoms with Crippen LogP contribution in [0.3, 0.4) is 0 Å². The summed E-state index contributed by atoms with van der Waals surface area (Å²) in [4.78, 5) is 59.3. The number of aromatic amines is 1.